The molecule has 3 aromatic rings. The van der Waals surface area contributed by atoms with Crippen LogP contribution in [0.3, 0.4) is 0 Å². The van der Waals surface area contributed by atoms with Gasteiger partial charge in [0.2, 0.25) is 5.91 Å². The van der Waals surface area contributed by atoms with Crippen molar-refractivity contribution in [3.8, 4) is 0 Å². The van der Waals surface area contributed by atoms with Gasteiger partial charge in [-0.15, -0.1) is 11.3 Å². The third-order valence-corrected chi connectivity index (χ3v) is 8.03. The van der Waals surface area contributed by atoms with E-state index in [9.17, 15) is 4.79 Å². The highest BCUT2D eigenvalue weighted by Crippen LogP contribution is 2.38. The summed E-state index contributed by atoms with van der Waals surface area (Å²) in [6.07, 6.45) is 5.91. The Hall–Kier alpha value is -2.25. The molecule has 5 rings (SSSR count). The number of halogens is 1. The van der Waals surface area contributed by atoms with Crippen LogP contribution in [0.5, 0.6) is 0 Å². The Labute approximate surface area is 203 Å². The Bertz CT molecular complexity index is 1090. The van der Waals surface area contributed by atoms with E-state index in [1.54, 1.807) is 11.3 Å². The van der Waals surface area contributed by atoms with Crippen LogP contribution in [-0.2, 0) is 9.53 Å². The predicted molar refractivity (Wildman–Crippen MR) is 134 cm³/mol. The van der Waals surface area contributed by atoms with Crippen LogP contribution in [0.1, 0.15) is 35.4 Å². The summed E-state index contributed by atoms with van der Waals surface area (Å²) in [5, 5.41) is 5.06. The zero-order chi connectivity index (χ0) is 22.6. The molecule has 3 atom stereocenters. The van der Waals surface area contributed by atoms with Gasteiger partial charge >= 0.3 is 0 Å². The second-order valence-electron chi connectivity index (χ2n) is 8.64. The molecular weight excluding hydrogens is 454 g/mol. The van der Waals surface area contributed by atoms with E-state index < -0.39 is 0 Å². The average Bonchev–Trinajstić information content (AvgIpc) is 3.30. The number of aromatic nitrogens is 1. The van der Waals surface area contributed by atoms with Gasteiger partial charge in [0.05, 0.1) is 40.4 Å². The molecule has 1 saturated heterocycles. The van der Waals surface area contributed by atoms with Crippen molar-refractivity contribution in [2.24, 2.45) is 5.92 Å². The van der Waals surface area contributed by atoms with Crippen molar-refractivity contribution >= 4 is 39.1 Å². The zero-order valence-electron chi connectivity index (χ0n) is 18.5. The summed E-state index contributed by atoms with van der Waals surface area (Å²) in [7, 11) is 0. The number of allylic oxidation sites excluding steroid dienone is 2. The van der Waals surface area contributed by atoms with Gasteiger partial charge in [0.1, 0.15) is 0 Å². The van der Waals surface area contributed by atoms with E-state index in [4.69, 9.17) is 21.3 Å². The highest BCUT2D eigenvalue weighted by Gasteiger charge is 2.33. The van der Waals surface area contributed by atoms with E-state index >= 15 is 0 Å². The van der Waals surface area contributed by atoms with Gasteiger partial charge in [-0.25, -0.2) is 4.98 Å². The standard InChI is InChI=1S/C26H28ClN3O2S/c27-19-11-9-18(10-12-19)23(30-13-15-32-16-14-30)17-28-25(31)20-5-1-2-6-21(20)26-29-22-7-3-4-8-24(22)33-26/h1-4,7-12,20-21,23H,5-6,13-17H2,(H,28,31)/t20-,21-,23-/m1/s1. The number of hydrogen-bond donors (Lipinski definition) is 1. The molecule has 2 heterocycles. The van der Waals surface area contributed by atoms with Crippen molar-refractivity contribution in [3.05, 3.63) is 76.3 Å². The van der Waals surface area contributed by atoms with Crippen LogP contribution in [0.15, 0.2) is 60.7 Å². The molecule has 1 fully saturated rings. The largest absolute Gasteiger partial charge is 0.379 e. The second-order valence-corrected chi connectivity index (χ2v) is 10.1. The molecule has 1 aromatic heterocycles. The first-order valence-electron chi connectivity index (χ1n) is 11.5. The van der Waals surface area contributed by atoms with Crippen LogP contribution in [0.2, 0.25) is 5.02 Å². The fourth-order valence-electron chi connectivity index (χ4n) is 4.79. The van der Waals surface area contributed by atoms with E-state index in [1.807, 2.05) is 30.3 Å². The molecule has 0 unspecified atom stereocenters. The molecule has 33 heavy (non-hydrogen) atoms. The molecule has 2 aromatic carbocycles. The Morgan fingerprint density at radius 3 is 2.67 bits per heavy atom. The minimum atomic E-state index is -0.105. The van der Waals surface area contributed by atoms with E-state index in [0.717, 1.165) is 47.0 Å². The molecule has 1 aliphatic heterocycles. The van der Waals surface area contributed by atoms with Gasteiger partial charge in [-0.05, 0) is 42.7 Å². The topological polar surface area (TPSA) is 54.5 Å². The Balaban J connectivity index is 1.32. The number of morpholine rings is 1. The monoisotopic (exact) mass is 481 g/mol. The fourth-order valence-corrected chi connectivity index (χ4v) is 6.06. The number of nitrogens with one attached hydrogen (secondary N) is 1. The van der Waals surface area contributed by atoms with Crippen LogP contribution >= 0.6 is 22.9 Å². The van der Waals surface area contributed by atoms with Gasteiger partial charge in [-0.3, -0.25) is 9.69 Å². The molecule has 0 spiro atoms. The summed E-state index contributed by atoms with van der Waals surface area (Å²) >= 11 is 7.83. The molecule has 7 heteroatoms. The number of hydrogen-bond acceptors (Lipinski definition) is 5. The molecular formula is C26H28ClN3O2S. The van der Waals surface area contributed by atoms with Gasteiger partial charge in [0, 0.05) is 30.6 Å². The van der Waals surface area contributed by atoms with Crippen molar-refractivity contribution in [2.45, 2.75) is 24.8 Å². The predicted octanol–water partition coefficient (Wildman–Crippen LogP) is 5.19. The maximum absolute atomic E-state index is 13.4. The first-order chi connectivity index (χ1) is 16.2. The lowest BCUT2D eigenvalue weighted by atomic mass is 9.82. The van der Waals surface area contributed by atoms with Crippen molar-refractivity contribution < 1.29 is 9.53 Å². The number of nitrogens with zero attached hydrogens (tertiary/aromatic N) is 2. The van der Waals surface area contributed by atoms with Gasteiger partial charge < -0.3 is 10.1 Å². The number of rotatable bonds is 6. The maximum atomic E-state index is 13.4. The van der Waals surface area contributed by atoms with Crippen LogP contribution < -0.4 is 5.32 Å². The lowest BCUT2D eigenvalue weighted by Crippen LogP contribution is -2.45. The van der Waals surface area contributed by atoms with Crippen LogP contribution in [-0.4, -0.2) is 48.6 Å². The number of fused-ring (bicyclic) bond motifs is 1. The summed E-state index contributed by atoms with van der Waals surface area (Å²) in [5.74, 6) is 0.117. The van der Waals surface area contributed by atoms with Crippen LogP contribution in [0.4, 0.5) is 0 Å². The number of ether oxygens (including phenoxy) is 1. The number of carbonyl (C=O) groups excluding carboxylic acids is 1. The summed E-state index contributed by atoms with van der Waals surface area (Å²) < 4.78 is 6.73. The van der Waals surface area contributed by atoms with Crippen molar-refractivity contribution in [1.82, 2.24) is 15.2 Å². The fraction of sp³-hybridized carbons (Fsp3) is 0.385. The molecule has 172 valence electrons. The van der Waals surface area contributed by atoms with Gasteiger partial charge in [-0.1, -0.05) is 48.0 Å². The second kappa shape index (κ2) is 10.3. The summed E-state index contributed by atoms with van der Waals surface area (Å²) in [4.78, 5) is 20.7. The number of para-hydroxylation sites is 1. The average molecular weight is 482 g/mol. The minimum Gasteiger partial charge on any atom is -0.379 e. The first-order valence-corrected chi connectivity index (χ1v) is 12.7. The molecule has 1 amide bonds. The van der Waals surface area contributed by atoms with E-state index in [2.05, 4.69) is 40.6 Å². The van der Waals surface area contributed by atoms with Crippen molar-refractivity contribution in [3.63, 3.8) is 0 Å². The molecule has 5 nitrogen and oxygen atoms in total. The summed E-state index contributed by atoms with van der Waals surface area (Å²) in [5.41, 5.74) is 2.18. The van der Waals surface area contributed by atoms with Crippen LogP contribution in [0, 0.1) is 5.92 Å². The third kappa shape index (κ3) is 5.14. The van der Waals surface area contributed by atoms with Gasteiger partial charge in [0.25, 0.3) is 0 Å². The van der Waals surface area contributed by atoms with E-state index in [1.165, 1.54) is 4.70 Å². The Morgan fingerprint density at radius 1 is 1.12 bits per heavy atom. The number of thiazole rings is 1. The first kappa shape index (κ1) is 22.5. The smallest absolute Gasteiger partial charge is 0.224 e. The number of carbonyl (C=O) groups is 1. The summed E-state index contributed by atoms with van der Waals surface area (Å²) in [6.45, 7) is 3.69. The zero-order valence-corrected chi connectivity index (χ0v) is 20.0. The third-order valence-electron chi connectivity index (χ3n) is 6.61. The normalized spacial score (nSPS) is 22.3. The quantitative estimate of drug-likeness (QED) is 0.492. The SMILES string of the molecule is O=C(NC[C@H](c1ccc(Cl)cc1)N1CCOCC1)[C@@H]1CC=CC[C@H]1c1nc2ccccc2s1. The minimum absolute atomic E-state index is 0.0927. The molecule has 2 aliphatic rings. The van der Waals surface area contributed by atoms with E-state index in [0.29, 0.717) is 19.8 Å². The lowest BCUT2D eigenvalue weighted by molar-refractivity contribution is -0.126. The van der Waals surface area contributed by atoms with E-state index in [-0.39, 0.29) is 23.8 Å². The molecule has 0 radical (unpaired) electrons. The molecule has 1 aliphatic carbocycles. The maximum Gasteiger partial charge on any atom is 0.224 e. The van der Waals surface area contributed by atoms with Crippen molar-refractivity contribution in [2.75, 3.05) is 32.8 Å². The molecule has 0 saturated carbocycles. The number of benzene rings is 2. The van der Waals surface area contributed by atoms with Gasteiger partial charge in [-0.2, -0.15) is 0 Å². The Morgan fingerprint density at radius 2 is 1.88 bits per heavy atom. The summed E-state index contributed by atoms with van der Waals surface area (Å²) in [6, 6.07) is 16.2. The lowest BCUT2D eigenvalue weighted by Gasteiger charge is -2.35. The molecule has 0 bridgehead atoms. The highest BCUT2D eigenvalue weighted by molar-refractivity contribution is 7.18. The van der Waals surface area contributed by atoms with Crippen molar-refractivity contribution in [1.29, 1.82) is 0 Å². The molecule has 1 N–H and O–H groups in total. The van der Waals surface area contributed by atoms with Gasteiger partial charge in [0.15, 0.2) is 0 Å². The number of amides is 1. The Kier molecular flexibility index (Phi) is 7.07. The highest BCUT2D eigenvalue weighted by atomic mass is 35.5. The van der Waals surface area contributed by atoms with Crippen LogP contribution in [0.25, 0.3) is 10.2 Å².